The molecule has 0 aliphatic rings. The number of benzene rings is 2. The lowest BCUT2D eigenvalue weighted by molar-refractivity contribution is 0.0955. The van der Waals surface area contributed by atoms with E-state index in [1.54, 1.807) is 12.1 Å². The highest BCUT2D eigenvalue weighted by atomic mass is 35.5. The third-order valence-electron chi connectivity index (χ3n) is 3.85. The molecule has 1 amide bonds. The first-order valence-corrected chi connectivity index (χ1v) is 9.19. The number of nitrogens with zero attached hydrogens (tertiary/aromatic N) is 2. The quantitative estimate of drug-likeness (QED) is 0.387. The first-order valence-electron chi connectivity index (χ1n) is 8.81. The Kier molecular flexibility index (Phi) is 7.95. The normalized spacial score (nSPS) is 11.1. The minimum absolute atomic E-state index is 0.132. The lowest BCUT2D eigenvalue weighted by atomic mass is 10.2. The van der Waals surface area contributed by atoms with Gasteiger partial charge in [-0.3, -0.25) is 9.79 Å². The maximum Gasteiger partial charge on any atom is 0.251 e. The smallest absolute Gasteiger partial charge is 0.251 e. The van der Waals surface area contributed by atoms with Gasteiger partial charge in [-0.25, -0.2) is 0 Å². The summed E-state index contributed by atoms with van der Waals surface area (Å²) in [5.74, 6) is 0.684. The molecular weight excluding hydrogens is 364 g/mol. The molecule has 7 heteroatoms. The maximum atomic E-state index is 12.1. The van der Waals surface area contributed by atoms with Gasteiger partial charge in [-0.2, -0.15) is 0 Å². The van der Waals surface area contributed by atoms with Crippen LogP contribution in [0, 0.1) is 0 Å². The van der Waals surface area contributed by atoms with Crippen LogP contribution < -0.4 is 10.6 Å². The van der Waals surface area contributed by atoms with E-state index in [0.29, 0.717) is 25.2 Å². The molecule has 0 aromatic heterocycles. The van der Waals surface area contributed by atoms with Gasteiger partial charge in [-0.1, -0.05) is 29.8 Å². The van der Waals surface area contributed by atoms with Gasteiger partial charge in [0.05, 0.1) is 6.54 Å². The van der Waals surface area contributed by atoms with E-state index >= 15 is 0 Å². The van der Waals surface area contributed by atoms with E-state index in [9.17, 15) is 9.90 Å². The van der Waals surface area contributed by atoms with Gasteiger partial charge in [0.25, 0.3) is 5.91 Å². The monoisotopic (exact) mass is 388 g/mol. The largest absolute Gasteiger partial charge is 0.508 e. The molecule has 0 saturated carbocycles. The summed E-state index contributed by atoms with van der Waals surface area (Å²) in [4.78, 5) is 18.6. The van der Waals surface area contributed by atoms with Crippen LogP contribution in [0.5, 0.6) is 5.75 Å². The number of amides is 1. The zero-order valence-electron chi connectivity index (χ0n) is 15.6. The van der Waals surface area contributed by atoms with Crippen molar-refractivity contribution in [1.29, 1.82) is 0 Å². The lowest BCUT2D eigenvalue weighted by Crippen LogP contribution is -2.39. The highest BCUT2D eigenvalue weighted by molar-refractivity contribution is 6.31. The molecule has 2 rings (SSSR count). The van der Waals surface area contributed by atoms with E-state index in [1.807, 2.05) is 43.1 Å². The second kappa shape index (κ2) is 10.4. The van der Waals surface area contributed by atoms with E-state index < -0.39 is 0 Å². The standard InChI is InChI=1S/C20H25ClN4O2/c1-3-22-20(25(2)14-16-6-4-5-7-18(16)21)24-13-12-23-19(27)15-8-10-17(26)11-9-15/h4-11,26H,3,12-14H2,1-2H3,(H,22,24)(H,23,27). The SMILES string of the molecule is CCNC(=NCCNC(=O)c1ccc(O)cc1)N(C)Cc1ccccc1Cl. The number of guanidine groups is 1. The predicted octanol–water partition coefficient (Wildman–Crippen LogP) is 2.87. The van der Waals surface area contributed by atoms with Gasteiger partial charge in [0.1, 0.15) is 5.75 Å². The summed E-state index contributed by atoms with van der Waals surface area (Å²) < 4.78 is 0. The summed E-state index contributed by atoms with van der Waals surface area (Å²) in [6, 6.07) is 13.8. The predicted molar refractivity (Wildman–Crippen MR) is 109 cm³/mol. The highest BCUT2D eigenvalue weighted by Crippen LogP contribution is 2.16. The Morgan fingerprint density at radius 1 is 1.15 bits per heavy atom. The minimum atomic E-state index is -0.195. The van der Waals surface area contributed by atoms with Crippen molar-refractivity contribution < 1.29 is 9.90 Å². The number of hydrogen-bond acceptors (Lipinski definition) is 3. The Balaban J connectivity index is 1.89. The number of carbonyl (C=O) groups is 1. The fourth-order valence-electron chi connectivity index (χ4n) is 2.47. The Labute approximate surface area is 164 Å². The number of halogens is 1. The van der Waals surface area contributed by atoms with Crippen LogP contribution in [0.3, 0.4) is 0 Å². The average molecular weight is 389 g/mol. The van der Waals surface area contributed by atoms with Crippen LogP contribution in [-0.4, -0.2) is 48.6 Å². The topological polar surface area (TPSA) is 77.0 Å². The summed E-state index contributed by atoms with van der Waals surface area (Å²) in [5, 5.41) is 16.1. The zero-order valence-corrected chi connectivity index (χ0v) is 16.3. The molecule has 0 aliphatic carbocycles. The molecule has 2 aromatic rings. The number of phenols is 1. The molecule has 0 saturated heterocycles. The molecular formula is C20H25ClN4O2. The highest BCUT2D eigenvalue weighted by Gasteiger charge is 2.09. The molecule has 0 heterocycles. The number of aliphatic imine (C=N–C) groups is 1. The molecule has 2 aromatic carbocycles. The van der Waals surface area contributed by atoms with Crippen molar-refractivity contribution in [3.63, 3.8) is 0 Å². The summed E-state index contributed by atoms with van der Waals surface area (Å²) in [6.45, 7) is 4.23. The molecule has 0 fully saturated rings. The Morgan fingerprint density at radius 3 is 2.52 bits per heavy atom. The minimum Gasteiger partial charge on any atom is -0.508 e. The zero-order chi connectivity index (χ0) is 19.6. The van der Waals surface area contributed by atoms with Crippen LogP contribution in [0.15, 0.2) is 53.5 Å². The van der Waals surface area contributed by atoms with Crippen molar-refractivity contribution in [2.24, 2.45) is 4.99 Å². The summed E-state index contributed by atoms with van der Waals surface area (Å²) in [5.41, 5.74) is 1.52. The summed E-state index contributed by atoms with van der Waals surface area (Å²) in [7, 11) is 1.94. The molecule has 6 nitrogen and oxygen atoms in total. The van der Waals surface area contributed by atoms with Crippen LogP contribution >= 0.6 is 11.6 Å². The van der Waals surface area contributed by atoms with Gasteiger partial charge in [0, 0.05) is 37.3 Å². The number of hydrogen-bond donors (Lipinski definition) is 3. The maximum absolute atomic E-state index is 12.1. The van der Waals surface area contributed by atoms with Crippen LogP contribution in [0.4, 0.5) is 0 Å². The van der Waals surface area contributed by atoms with Crippen molar-refractivity contribution in [2.75, 3.05) is 26.7 Å². The third kappa shape index (κ3) is 6.49. The fourth-order valence-corrected chi connectivity index (χ4v) is 2.67. The molecule has 0 atom stereocenters. The first-order chi connectivity index (χ1) is 13.0. The number of rotatable bonds is 7. The Bertz CT molecular complexity index is 778. The van der Waals surface area contributed by atoms with Gasteiger partial charge in [-0.05, 0) is 42.8 Å². The lowest BCUT2D eigenvalue weighted by Gasteiger charge is -2.22. The van der Waals surface area contributed by atoms with Crippen LogP contribution in [0.1, 0.15) is 22.8 Å². The van der Waals surface area contributed by atoms with E-state index in [0.717, 1.165) is 23.1 Å². The Morgan fingerprint density at radius 2 is 1.85 bits per heavy atom. The van der Waals surface area contributed by atoms with E-state index in [1.165, 1.54) is 12.1 Å². The number of carbonyl (C=O) groups excluding carboxylic acids is 1. The third-order valence-corrected chi connectivity index (χ3v) is 4.22. The number of phenolic OH excluding ortho intramolecular Hbond substituents is 1. The van der Waals surface area contributed by atoms with Crippen molar-refractivity contribution in [1.82, 2.24) is 15.5 Å². The van der Waals surface area contributed by atoms with Gasteiger partial charge < -0.3 is 20.6 Å². The van der Waals surface area contributed by atoms with Gasteiger partial charge in [0.15, 0.2) is 5.96 Å². The van der Waals surface area contributed by atoms with Crippen molar-refractivity contribution in [3.8, 4) is 5.75 Å². The van der Waals surface area contributed by atoms with E-state index in [4.69, 9.17) is 11.6 Å². The molecule has 144 valence electrons. The molecule has 0 spiro atoms. The molecule has 27 heavy (non-hydrogen) atoms. The second-order valence-electron chi connectivity index (χ2n) is 5.99. The van der Waals surface area contributed by atoms with Crippen LogP contribution in [0.2, 0.25) is 5.02 Å². The van der Waals surface area contributed by atoms with Crippen molar-refractivity contribution in [2.45, 2.75) is 13.5 Å². The van der Waals surface area contributed by atoms with Gasteiger partial charge in [-0.15, -0.1) is 0 Å². The average Bonchev–Trinajstić information content (AvgIpc) is 2.66. The van der Waals surface area contributed by atoms with Gasteiger partial charge >= 0.3 is 0 Å². The number of aromatic hydroxyl groups is 1. The molecule has 0 radical (unpaired) electrons. The Hall–Kier alpha value is -2.73. The fraction of sp³-hybridized carbons (Fsp3) is 0.300. The molecule has 0 bridgehead atoms. The molecule has 3 N–H and O–H groups in total. The summed E-state index contributed by atoms with van der Waals surface area (Å²) in [6.07, 6.45) is 0. The van der Waals surface area contributed by atoms with Gasteiger partial charge in [0.2, 0.25) is 0 Å². The molecule has 0 unspecified atom stereocenters. The van der Waals surface area contributed by atoms with Crippen LogP contribution in [-0.2, 0) is 6.54 Å². The summed E-state index contributed by atoms with van der Waals surface area (Å²) >= 11 is 6.23. The van der Waals surface area contributed by atoms with E-state index in [2.05, 4.69) is 15.6 Å². The van der Waals surface area contributed by atoms with Crippen molar-refractivity contribution >= 4 is 23.5 Å². The van der Waals surface area contributed by atoms with Crippen LogP contribution in [0.25, 0.3) is 0 Å². The second-order valence-corrected chi connectivity index (χ2v) is 6.39. The number of nitrogens with one attached hydrogen (secondary N) is 2. The molecule has 0 aliphatic heterocycles. The van der Waals surface area contributed by atoms with Crippen molar-refractivity contribution in [3.05, 3.63) is 64.7 Å². The van der Waals surface area contributed by atoms with E-state index in [-0.39, 0.29) is 11.7 Å². The first kappa shape index (κ1) is 20.6.